The van der Waals surface area contributed by atoms with Gasteiger partial charge in [0.2, 0.25) is 0 Å². The molecule has 0 aliphatic heterocycles. The minimum absolute atomic E-state index is 0.174. The maximum absolute atomic E-state index is 11.9. The first kappa shape index (κ1) is 12.7. The number of nitrogens with zero attached hydrogens (tertiary/aromatic N) is 2. The van der Waals surface area contributed by atoms with E-state index in [1.165, 1.54) is 11.3 Å². The number of aromatic nitrogens is 2. The van der Waals surface area contributed by atoms with Gasteiger partial charge in [-0.1, -0.05) is 18.2 Å². The fourth-order valence-corrected chi connectivity index (χ4v) is 2.72. The smallest absolute Gasteiger partial charge is 0.357 e. The van der Waals surface area contributed by atoms with Crippen molar-refractivity contribution < 1.29 is 9.53 Å². The molecule has 0 saturated heterocycles. The third-order valence-electron chi connectivity index (χ3n) is 2.76. The summed E-state index contributed by atoms with van der Waals surface area (Å²) in [6.07, 6.45) is 0. The first-order valence-electron chi connectivity index (χ1n) is 6.17. The average Bonchev–Trinajstić information content (AvgIpc) is 2.87. The van der Waals surface area contributed by atoms with E-state index in [1.807, 2.05) is 37.3 Å². The van der Waals surface area contributed by atoms with Crippen molar-refractivity contribution in [2.24, 2.45) is 0 Å². The van der Waals surface area contributed by atoms with Crippen LogP contribution < -0.4 is 0 Å². The summed E-state index contributed by atoms with van der Waals surface area (Å²) in [7, 11) is 0. The third-order valence-corrected chi connectivity index (χ3v) is 3.77. The number of hydrogen-bond acceptors (Lipinski definition) is 5. The van der Waals surface area contributed by atoms with Gasteiger partial charge in [-0.25, -0.2) is 14.8 Å². The SMILES string of the molecule is Cc1cccc(C(=O)OCc2nc3ccccc3s2)n1. The highest BCUT2D eigenvalue weighted by atomic mass is 32.1. The van der Waals surface area contributed by atoms with Crippen LogP contribution in [0.4, 0.5) is 0 Å². The Morgan fingerprint density at radius 1 is 1.15 bits per heavy atom. The molecule has 20 heavy (non-hydrogen) atoms. The van der Waals surface area contributed by atoms with E-state index in [1.54, 1.807) is 12.1 Å². The summed E-state index contributed by atoms with van der Waals surface area (Å²) in [6, 6.07) is 13.1. The predicted octanol–water partition coefficient (Wildman–Crippen LogP) is 3.36. The molecule has 0 unspecified atom stereocenters. The molecule has 0 aliphatic rings. The van der Waals surface area contributed by atoms with Crippen molar-refractivity contribution in [2.75, 3.05) is 0 Å². The van der Waals surface area contributed by atoms with Crippen molar-refractivity contribution in [1.29, 1.82) is 0 Å². The Morgan fingerprint density at radius 3 is 2.80 bits per heavy atom. The van der Waals surface area contributed by atoms with Gasteiger partial charge in [-0.3, -0.25) is 0 Å². The van der Waals surface area contributed by atoms with Gasteiger partial charge in [-0.05, 0) is 31.2 Å². The number of carbonyl (C=O) groups is 1. The minimum atomic E-state index is -0.423. The minimum Gasteiger partial charge on any atom is -0.454 e. The normalized spacial score (nSPS) is 10.7. The van der Waals surface area contributed by atoms with Gasteiger partial charge in [0.15, 0.2) is 0 Å². The number of thiazole rings is 1. The van der Waals surface area contributed by atoms with Crippen molar-refractivity contribution >= 4 is 27.5 Å². The van der Waals surface area contributed by atoms with E-state index < -0.39 is 5.97 Å². The zero-order chi connectivity index (χ0) is 13.9. The van der Waals surface area contributed by atoms with Crippen LogP contribution in [0, 0.1) is 6.92 Å². The van der Waals surface area contributed by atoms with Crippen LogP contribution in [0.1, 0.15) is 21.2 Å². The Morgan fingerprint density at radius 2 is 2.00 bits per heavy atom. The quantitative estimate of drug-likeness (QED) is 0.692. The fourth-order valence-electron chi connectivity index (χ4n) is 1.84. The molecule has 0 spiro atoms. The molecule has 0 atom stereocenters. The number of aryl methyl sites for hydroxylation is 1. The van der Waals surface area contributed by atoms with E-state index in [0.717, 1.165) is 20.9 Å². The van der Waals surface area contributed by atoms with Crippen LogP contribution in [-0.4, -0.2) is 15.9 Å². The molecule has 1 aromatic carbocycles. The summed E-state index contributed by atoms with van der Waals surface area (Å²) in [5, 5.41) is 0.784. The average molecular weight is 284 g/mol. The monoisotopic (exact) mass is 284 g/mol. The highest BCUT2D eigenvalue weighted by Crippen LogP contribution is 2.22. The molecule has 0 amide bonds. The van der Waals surface area contributed by atoms with Crippen LogP contribution in [0.15, 0.2) is 42.5 Å². The Bertz CT molecular complexity index is 734. The van der Waals surface area contributed by atoms with Crippen LogP contribution in [0.5, 0.6) is 0 Å². The Labute approximate surface area is 120 Å². The van der Waals surface area contributed by atoms with Gasteiger partial charge >= 0.3 is 5.97 Å². The fraction of sp³-hybridized carbons (Fsp3) is 0.133. The second-order valence-electron chi connectivity index (χ2n) is 4.32. The lowest BCUT2D eigenvalue weighted by atomic mass is 10.3. The van der Waals surface area contributed by atoms with Crippen molar-refractivity contribution in [3.8, 4) is 0 Å². The predicted molar refractivity (Wildman–Crippen MR) is 77.7 cm³/mol. The van der Waals surface area contributed by atoms with Crippen molar-refractivity contribution in [3.63, 3.8) is 0 Å². The van der Waals surface area contributed by atoms with Crippen LogP contribution >= 0.6 is 11.3 Å². The number of pyridine rings is 1. The largest absolute Gasteiger partial charge is 0.454 e. The molecule has 0 aliphatic carbocycles. The zero-order valence-corrected chi connectivity index (χ0v) is 11.7. The van der Waals surface area contributed by atoms with E-state index >= 15 is 0 Å². The molecule has 2 aromatic heterocycles. The number of esters is 1. The number of para-hydroxylation sites is 1. The molecule has 0 saturated carbocycles. The highest BCUT2D eigenvalue weighted by molar-refractivity contribution is 7.18. The zero-order valence-electron chi connectivity index (χ0n) is 10.9. The number of fused-ring (bicyclic) bond motifs is 1. The summed E-state index contributed by atoms with van der Waals surface area (Å²) in [5.41, 5.74) is 2.04. The molecule has 4 nitrogen and oxygen atoms in total. The van der Waals surface area contributed by atoms with Gasteiger partial charge in [0.25, 0.3) is 0 Å². The molecular formula is C15H12N2O2S. The molecule has 3 aromatic rings. The molecular weight excluding hydrogens is 272 g/mol. The number of ether oxygens (including phenoxy) is 1. The highest BCUT2D eigenvalue weighted by Gasteiger charge is 2.11. The second-order valence-corrected chi connectivity index (χ2v) is 5.43. The van der Waals surface area contributed by atoms with E-state index in [-0.39, 0.29) is 6.61 Å². The van der Waals surface area contributed by atoms with Crippen molar-refractivity contribution in [3.05, 3.63) is 58.9 Å². The van der Waals surface area contributed by atoms with Gasteiger partial charge in [0.05, 0.1) is 10.2 Å². The first-order valence-corrected chi connectivity index (χ1v) is 6.99. The van der Waals surface area contributed by atoms with Crippen LogP contribution in [-0.2, 0) is 11.3 Å². The molecule has 0 radical (unpaired) electrons. The van der Waals surface area contributed by atoms with Crippen molar-refractivity contribution in [2.45, 2.75) is 13.5 Å². The van der Waals surface area contributed by atoms with Gasteiger partial charge in [-0.15, -0.1) is 11.3 Å². The molecule has 3 rings (SSSR count). The maximum Gasteiger partial charge on any atom is 0.357 e. The standard InChI is InChI=1S/C15H12N2O2S/c1-10-5-4-7-12(16-10)15(18)19-9-14-17-11-6-2-3-8-13(11)20-14/h2-8H,9H2,1H3. The Hall–Kier alpha value is -2.27. The van der Waals surface area contributed by atoms with Gasteiger partial charge in [0, 0.05) is 5.69 Å². The summed E-state index contributed by atoms with van der Waals surface area (Å²) in [5.74, 6) is -0.423. The van der Waals surface area contributed by atoms with Crippen LogP contribution in [0.25, 0.3) is 10.2 Å². The molecule has 0 fully saturated rings. The van der Waals surface area contributed by atoms with Gasteiger partial charge < -0.3 is 4.74 Å². The van der Waals surface area contributed by atoms with Crippen LogP contribution in [0.2, 0.25) is 0 Å². The van der Waals surface area contributed by atoms with E-state index in [4.69, 9.17) is 4.74 Å². The number of hydrogen-bond donors (Lipinski definition) is 0. The lowest BCUT2D eigenvalue weighted by molar-refractivity contribution is 0.0465. The topological polar surface area (TPSA) is 52.1 Å². The molecule has 0 bridgehead atoms. The number of benzene rings is 1. The third kappa shape index (κ3) is 2.67. The lowest BCUT2D eigenvalue weighted by Crippen LogP contribution is -2.07. The first-order chi connectivity index (χ1) is 9.72. The number of rotatable bonds is 3. The van der Waals surface area contributed by atoms with E-state index in [0.29, 0.717) is 5.69 Å². The summed E-state index contributed by atoms with van der Waals surface area (Å²) < 4.78 is 6.34. The lowest BCUT2D eigenvalue weighted by Gasteiger charge is -2.02. The summed E-state index contributed by atoms with van der Waals surface area (Å²) >= 11 is 1.53. The molecule has 0 N–H and O–H groups in total. The van der Waals surface area contributed by atoms with Gasteiger partial charge in [0.1, 0.15) is 17.3 Å². The second kappa shape index (κ2) is 5.38. The Balaban J connectivity index is 1.71. The van der Waals surface area contributed by atoms with Crippen molar-refractivity contribution in [1.82, 2.24) is 9.97 Å². The summed E-state index contributed by atoms with van der Waals surface area (Å²) in [6.45, 7) is 2.01. The summed E-state index contributed by atoms with van der Waals surface area (Å²) in [4.78, 5) is 20.4. The number of carbonyl (C=O) groups excluding carboxylic acids is 1. The Kier molecular flexibility index (Phi) is 3.43. The molecule has 5 heteroatoms. The molecule has 2 heterocycles. The van der Waals surface area contributed by atoms with E-state index in [2.05, 4.69) is 9.97 Å². The van der Waals surface area contributed by atoms with Gasteiger partial charge in [-0.2, -0.15) is 0 Å². The van der Waals surface area contributed by atoms with E-state index in [9.17, 15) is 4.79 Å². The maximum atomic E-state index is 11.9. The van der Waals surface area contributed by atoms with Crippen LogP contribution in [0.3, 0.4) is 0 Å². The molecule has 100 valence electrons.